The maximum Gasteiger partial charge on any atom is 0.407 e. The van der Waals surface area contributed by atoms with Crippen molar-refractivity contribution in [3.05, 3.63) is 42.0 Å². The number of benzene rings is 2. The minimum absolute atomic E-state index is 0.0598. The molecule has 3 rings (SSSR count). The molecule has 0 aliphatic heterocycles. The molecule has 2 N–H and O–H groups in total. The molecule has 1 aliphatic carbocycles. The van der Waals surface area contributed by atoms with Gasteiger partial charge in [0, 0.05) is 6.54 Å². The van der Waals surface area contributed by atoms with E-state index in [9.17, 15) is 18.0 Å². The first-order valence-electron chi connectivity index (χ1n) is 11.2. The van der Waals surface area contributed by atoms with Gasteiger partial charge in [-0.05, 0) is 71.6 Å². The van der Waals surface area contributed by atoms with Crippen LogP contribution in [-0.2, 0) is 4.79 Å². The van der Waals surface area contributed by atoms with Crippen molar-refractivity contribution < 1.29 is 27.8 Å². The number of rotatable bonds is 7. The first-order valence-corrected chi connectivity index (χ1v) is 11.2. The Morgan fingerprint density at radius 3 is 2.28 bits per heavy atom. The largest absolute Gasteiger partial charge is 0.490 e. The lowest BCUT2D eigenvalue weighted by Crippen LogP contribution is -2.35. The van der Waals surface area contributed by atoms with E-state index in [1.165, 1.54) is 12.1 Å². The molecule has 0 amide bonds. The highest BCUT2D eigenvalue weighted by Gasteiger charge is 2.40. The molecule has 4 nitrogen and oxygen atoms in total. The number of aliphatic carboxylic acids is 1. The van der Waals surface area contributed by atoms with Crippen LogP contribution in [0.25, 0.3) is 10.8 Å². The van der Waals surface area contributed by atoms with Crippen LogP contribution in [0.1, 0.15) is 64.5 Å². The number of halogens is 3. The Balaban J connectivity index is 1.70. The van der Waals surface area contributed by atoms with Crippen molar-refractivity contribution in [1.29, 1.82) is 0 Å². The SMILES string of the molecule is CC(C)(C)C1CCC(Oc2ccc3cc(C(NCCC(=O)O)C(F)(F)F)ccc3c2)CC1. The number of carbonyl (C=O) groups is 1. The van der Waals surface area contributed by atoms with Crippen LogP contribution in [0.4, 0.5) is 13.2 Å². The van der Waals surface area contributed by atoms with Crippen molar-refractivity contribution in [3.8, 4) is 5.75 Å². The van der Waals surface area contributed by atoms with Crippen molar-refractivity contribution in [1.82, 2.24) is 5.32 Å². The van der Waals surface area contributed by atoms with E-state index in [0.29, 0.717) is 16.7 Å². The summed E-state index contributed by atoms with van der Waals surface area (Å²) in [7, 11) is 0. The van der Waals surface area contributed by atoms with Crippen LogP contribution >= 0.6 is 0 Å². The van der Waals surface area contributed by atoms with Crippen molar-refractivity contribution in [3.63, 3.8) is 0 Å². The molecule has 7 heteroatoms. The van der Waals surface area contributed by atoms with Gasteiger partial charge in [-0.2, -0.15) is 13.2 Å². The lowest BCUT2D eigenvalue weighted by atomic mass is 9.72. The van der Waals surface area contributed by atoms with E-state index < -0.39 is 18.2 Å². The molecule has 1 unspecified atom stereocenters. The average molecular weight is 452 g/mol. The van der Waals surface area contributed by atoms with Crippen LogP contribution in [0, 0.1) is 11.3 Å². The van der Waals surface area contributed by atoms with E-state index in [4.69, 9.17) is 9.84 Å². The van der Waals surface area contributed by atoms with Crippen molar-refractivity contribution in [2.24, 2.45) is 11.3 Å². The number of ether oxygens (including phenoxy) is 1. The molecule has 0 bridgehead atoms. The molecule has 0 spiro atoms. The summed E-state index contributed by atoms with van der Waals surface area (Å²) in [5.41, 5.74) is 0.368. The molecule has 1 aliphatic rings. The van der Waals surface area contributed by atoms with E-state index >= 15 is 0 Å². The number of fused-ring (bicyclic) bond motifs is 1. The highest BCUT2D eigenvalue weighted by atomic mass is 19.4. The predicted molar refractivity (Wildman–Crippen MR) is 119 cm³/mol. The molecule has 0 heterocycles. The second-order valence-corrected chi connectivity index (χ2v) is 9.80. The van der Waals surface area contributed by atoms with Gasteiger partial charge >= 0.3 is 12.1 Å². The molecule has 1 saturated carbocycles. The quantitative estimate of drug-likeness (QED) is 0.505. The summed E-state index contributed by atoms with van der Waals surface area (Å²) >= 11 is 0. The van der Waals surface area contributed by atoms with Crippen LogP contribution in [-0.4, -0.2) is 29.9 Å². The fraction of sp³-hybridized carbons (Fsp3) is 0.560. The second kappa shape index (κ2) is 9.69. The number of alkyl halides is 3. The molecule has 0 radical (unpaired) electrons. The third-order valence-corrected chi connectivity index (χ3v) is 6.39. The van der Waals surface area contributed by atoms with Gasteiger partial charge in [-0.1, -0.05) is 39.0 Å². The van der Waals surface area contributed by atoms with Gasteiger partial charge < -0.3 is 15.2 Å². The minimum atomic E-state index is -4.53. The third kappa shape index (κ3) is 6.37. The summed E-state index contributed by atoms with van der Waals surface area (Å²) in [5, 5.41) is 12.5. The smallest absolute Gasteiger partial charge is 0.407 e. The molecule has 0 aromatic heterocycles. The zero-order valence-corrected chi connectivity index (χ0v) is 18.8. The number of carboxylic acids is 1. The predicted octanol–water partition coefficient (Wildman–Crippen LogP) is 6.49. The normalized spacial score (nSPS) is 20.8. The Labute approximate surface area is 187 Å². The zero-order chi connectivity index (χ0) is 23.5. The highest BCUT2D eigenvalue weighted by Crippen LogP contribution is 2.39. The van der Waals surface area contributed by atoms with E-state index in [1.807, 2.05) is 12.1 Å². The number of carboxylic acid groups (broad SMARTS) is 1. The number of hydrogen-bond acceptors (Lipinski definition) is 3. The van der Waals surface area contributed by atoms with E-state index in [1.54, 1.807) is 12.1 Å². The Morgan fingerprint density at radius 2 is 1.69 bits per heavy atom. The van der Waals surface area contributed by atoms with Crippen LogP contribution in [0.3, 0.4) is 0 Å². The van der Waals surface area contributed by atoms with Crippen LogP contribution in [0.5, 0.6) is 5.75 Å². The summed E-state index contributed by atoms with van der Waals surface area (Å²) in [4.78, 5) is 10.6. The first kappa shape index (κ1) is 24.4. The molecule has 176 valence electrons. The molecule has 1 fully saturated rings. The van der Waals surface area contributed by atoms with Gasteiger partial charge in [0.25, 0.3) is 0 Å². The van der Waals surface area contributed by atoms with Gasteiger partial charge in [0.05, 0.1) is 12.5 Å². The van der Waals surface area contributed by atoms with Crippen molar-refractivity contribution in [2.75, 3.05) is 6.54 Å². The molecule has 1 atom stereocenters. The van der Waals surface area contributed by atoms with E-state index in [0.717, 1.165) is 36.8 Å². The molecule has 0 saturated heterocycles. The summed E-state index contributed by atoms with van der Waals surface area (Å²) < 4.78 is 46.8. The van der Waals surface area contributed by atoms with E-state index in [2.05, 4.69) is 26.1 Å². The summed E-state index contributed by atoms with van der Waals surface area (Å²) in [5.74, 6) is 0.288. The van der Waals surface area contributed by atoms with Gasteiger partial charge in [-0.15, -0.1) is 0 Å². The van der Waals surface area contributed by atoms with Crippen molar-refractivity contribution in [2.45, 2.75) is 71.2 Å². The summed E-state index contributed by atoms with van der Waals surface area (Å²) in [6.45, 7) is 6.58. The zero-order valence-electron chi connectivity index (χ0n) is 18.8. The fourth-order valence-corrected chi connectivity index (χ4v) is 4.48. The molecule has 32 heavy (non-hydrogen) atoms. The van der Waals surface area contributed by atoms with Crippen LogP contribution in [0.2, 0.25) is 0 Å². The average Bonchev–Trinajstić information content (AvgIpc) is 2.69. The Bertz CT molecular complexity index is 928. The number of nitrogens with one attached hydrogen (secondary N) is 1. The molecular formula is C25H32F3NO3. The molecule has 2 aromatic rings. The standard InChI is InChI=1S/C25H32F3NO3/c1-24(2,3)19-7-10-20(11-8-19)32-21-9-6-16-14-18(5-4-17(16)15-21)23(25(26,27)28)29-13-12-22(30)31/h4-6,9,14-15,19-20,23,29H,7-8,10-13H2,1-3H3,(H,30,31). The highest BCUT2D eigenvalue weighted by molar-refractivity contribution is 5.84. The Hall–Kier alpha value is -2.28. The van der Waals surface area contributed by atoms with Gasteiger partial charge in [0.2, 0.25) is 0 Å². The van der Waals surface area contributed by atoms with Gasteiger partial charge in [-0.3, -0.25) is 4.79 Å². The molecular weight excluding hydrogens is 419 g/mol. The first-order chi connectivity index (χ1) is 14.9. The maximum absolute atomic E-state index is 13.5. The summed E-state index contributed by atoms with van der Waals surface area (Å²) in [6, 6.07) is 8.13. The number of hydrogen-bond donors (Lipinski definition) is 2. The maximum atomic E-state index is 13.5. The van der Waals surface area contributed by atoms with Gasteiger partial charge in [0.1, 0.15) is 11.8 Å². The summed E-state index contributed by atoms with van der Waals surface area (Å²) in [6.07, 6.45) is -0.446. The van der Waals surface area contributed by atoms with Crippen LogP contribution < -0.4 is 10.1 Å². The van der Waals surface area contributed by atoms with Gasteiger partial charge in [-0.25, -0.2) is 0 Å². The topological polar surface area (TPSA) is 58.6 Å². The Morgan fingerprint density at radius 1 is 1.06 bits per heavy atom. The fourth-order valence-electron chi connectivity index (χ4n) is 4.48. The van der Waals surface area contributed by atoms with Gasteiger partial charge in [0.15, 0.2) is 0 Å². The lowest BCUT2D eigenvalue weighted by Gasteiger charge is -2.37. The van der Waals surface area contributed by atoms with Crippen LogP contribution in [0.15, 0.2) is 36.4 Å². The second-order valence-electron chi connectivity index (χ2n) is 9.80. The Kier molecular flexibility index (Phi) is 7.38. The molecule has 2 aromatic carbocycles. The van der Waals surface area contributed by atoms with Crippen molar-refractivity contribution >= 4 is 16.7 Å². The lowest BCUT2D eigenvalue weighted by molar-refractivity contribution is -0.158. The monoisotopic (exact) mass is 451 g/mol. The van der Waals surface area contributed by atoms with E-state index in [-0.39, 0.29) is 24.6 Å². The minimum Gasteiger partial charge on any atom is -0.490 e. The third-order valence-electron chi connectivity index (χ3n) is 6.39.